The van der Waals surface area contributed by atoms with E-state index in [9.17, 15) is 18.0 Å². The van der Waals surface area contributed by atoms with Crippen LogP contribution < -0.4 is 14.9 Å². The first kappa shape index (κ1) is 21.4. The van der Waals surface area contributed by atoms with Crippen molar-refractivity contribution in [2.24, 2.45) is 5.92 Å². The molecule has 0 saturated carbocycles. The molecule has 0 spiro atoms. The molecule has 1 fully saturated rings. The Hall–Kier alpha value is -3.79. The third-order valence-corrected chi connectivity index (χ3v) is 6.46. The summed E-state index contributed by atoms with van der Waals surface area (Å²) in [5.41, 5.74) is 2.29. The van der Waals surface area contributed by atoms with Crippen LogP contribution in [0.1, 0.15) is 6.92 Å². The average molecular weight is 452 g/mol. The van der Waals surface area contributed by atoms with Gasteiger partial charge in [-0.05, 0) is 24.3 Å². The fourth-order valence-corrected chi connectivity index (χ4v) is 4.32. The molecule has 1 saturated heterocycles. The van der Waals surface area contributed by atoms with E-state index in [1.54, 1.807) is 0 Å². The maximum Gasteiger partial charge on any atom is 0.264 e. The monoisotopic (exact) mass is 451 g/mol. The minimum atomic E-state index is -3.91. The zero-order valence-corrected chi connectivity index (χ0v) is 18.0. The number of rotatable bonds is 6. The van der Waals surface area contributed by atoms with Crippen LogP contribution in [0.4, 0.5) is 11.5 Å². The van der Waals surface area contributed by atoms with Gasteiger partial charge in [-0.15, -0.1) is 0 Å². The van der Waals surface area contributed by atoms with Gasteiger partial charge in [0.1, 0.15) is 12.1 Å². The predicted molar refractivity (Wildman–Crippen MR) is 119 cm³/mol. The number of anilines is 2. The zero-order valence-electron chi connectivity index (χ0n) is 17.2. The van der Waals surface area contributed by atoms with Gasteiger partial charge in [-0.25, -0.2) is 23.1 Å². The molecule has 9 nitrogen and oxygen atoms in total. The van der Waals surface area contributed by atoms with Gasteiger partial charge in [0, 0.05) is 37.3 Å². The predicted octanol–water partition coefficient (Wildman–Crippen LogP) is 2.04. The molecule has 2 N–H and O–H groups in total. The van der Waals surface area contributed by atoms with Crippen LogP contribution in [0.3, 0.4) is 0 Å². The molecule has 1 aliphatic heterocycles. The summed E-state index contributed by atoms with van der Waals surface area (Å²) in [6.45, 7) is 2.16. The number of amides is 2. The van der Waals surface area contributed by atoms with Gasteiger partial charge in [-0.2, -0.15) is 0 Å². The van der Waals surface area contributed by atoms with Crippen molar-refractivity contribution in [2.45, 2.75) is 11.8 Å². The summed E-state index contributed by atoms with van der Waals surface area (Å²) in [7, 11) is -3.91. The van der Waals surface area contributed by atoms with E-state index in [0.29, 0.717) is 18.8 Å². The molecule has 1 aliphatic rings. The maximum absolute atomic E-state index is 12.5. The Morgan fingerprint density at radius 1 is 1.00 bits per heavy atom. The maximum atomic E-state index is 12.5. The lowest BCUT2D eigenvalue weighted by Crippen LogP contribution is -2.52. The van der Waals surface area contributed by atoms with E-state index >= 15 is 0 Å². The quantitative estimate of drug-likeness (QED) is 0.588. The number of hydrogen-bond donors (Lipinski definition) is 2. The molecule has 0 radical (unpaired) electrons. The summed E-state index contributed by atoms with van der Waals surface area (Å²) < 4.78 is 25.9. The van der Waals surface area contributed by atoms with Gasteiger partial charge in [0.25, 0.3) is 10.0 Å². The number of sulfonamides is 1. The molecule has 2 heterocycles. The summed E-state index contributed by atoms with van der Waals surface area (Å²) >= 11 is 0. The Bertz CT molecular complexity index is 1240. The van der Waals surface area contributed by atoms with Crippen molar-refractivity contribution in [3.8, 4) is 11.3 Å². The van der Waals surface area contributed by atoms with Crippen LogP contribution in [0.15, 0.2) is 71.9 Å². The minimum absolute atomic E-state index is 0.0569. The van der Waals surface area contributed by atoms with E-state index < -0.39 is 15.9 Å². The summed E-state index contributed by atoms with van der Waals surface area (Å²) in [6, 6.07) is 17.3. The Kier molecular flexibility index (Phi) is 5.87. The normalized spacial score (nSPS) is 13.8. The smallest absolute Gasteiger partial charge is 0.264 e. The lowest BCUT2D eigenvalue weighted by molar-refractivity contribution is -0.120. The minimum Gasteiger partial charge on any atom is -0.355 e. The number of carbonyl (C=O) groups excluding carboxylic acids is 2. The molecule has 0 aliphatic carbocycles. The molecule has 2 aromatic carbocycles. The van der Waals surface area contributed by atoms with Gasteiger partial charge < -0.3 is 10.2 Å². The van der Waals surface area contributed by atoms with Crippen molar-refractivity contribution >= 4 is 33.3 Å². The van der Waals surface area contributed by atoms with E-state index in [2.05, 4.69) is 15.3 Å². The highest BCUT2D eigenvalue weighted by Crippen LogP contribution is 2.27. The highest BCUT2D eigenvalue weighted by Gasteiger charge is 2.33. The first-order valence-corrected chi connectivity index (χ1v) is 11.4. The van der Waals surface area contributed by atoms with Crippen LogP contribution in [0.2, 0.25) is 0 Å². The number of carbonyl (C=O) groups is 2. The Balaban J connectivity index is 1.35. The summed E-state index contributed by atoms with van der Waals surface area (Å²) in [5, 5.41) is 2.79. The van der Waals surface area contributed by atoms with Gasteiger partial charge in [-0.1, -0.05) is 30.3 Å². The van der Waals surface area contributed by atoms with E-state index in [4.69, 9.17) is 0 Å². The number of hydrogen-bond acceptors (Lipinski definition) is 7. The molecule has 0 unspecified atom stereocenters. The van der Waals surface area contributed by atoms with Crippen molar-refractivity contribution in [2.75, 3.05) is 23.3 Å². The van der Waals surface area contributed by atoms with E-state index in [1.807, 2.05) is 46.0 Å². The van der Waals surface area contributed by atoms with E-state index in [-0.39, 0.29) is 16.7 Å². The third kappa shape index (κ3) is 4.75. The van der Waals surface area contributed by atoms with Gasteiger partial charge >= 0.3 is 0 Å². The lowest BCUT2D eigenvalue weighted by atomic mass is 9.99. The number of benzene rings is 2. The summed E-state index contributed by atoms with van der Waals surface area (Å²) in [5.74, 6) is -0.282. The molecular weight excluding hydrogens is 430 g/mol. The summed E-state index contributed by atoms with van der Waals surface area (Å²) in [6.07, 6.45) is 1.52. The third-order valence-electron chi connectivity index (χ3n) is 5.01. The fraction of sp³-hybridized carbons (Fsp3) is 0.182. The van der Waals surface area contributed by atoms with Crippen molar-refractivity contribution < 1.29 is 18.0 Å². The van der Waals surface area contributed by atoms with Gasteiger partial charge in [0.05, 0.1) is 16.5 Å². The zero-order chi connectivity index (χ0) is 22.7. The second-order valence-electron chi connectivity index (χ2n) is 7.40. The lowest BCUT2D eigenvalue weighted by Gasteiger charge is -2.39. The van der Waals surface area contributed by atoms with Crippen LogP contribution in [0.5, 0.6) is 0 Å². The topological polar surface area (TPSA) is 121 Å². The largest absolute Gasteiger partial charge is 0.355 e. The van der Waals surface area contributed by atoms with Crippen LogP contribution in [0, 0.1) is 5.92 Å². The number of aromatic nitrogens is 2. The SMILES string of the molecule is CC(=O)NS(=O)(=O)c1ccc(NC(=O)C2CN(c3cc(-c4ccccc4)ncn3)C2)cc1. The van der Waals surface area contributed by atoms with Gasteiger partial charge in [0.15, 0.2) is 0 Å². The standard InChI is InChI=1S/C22H21N5O4S/c1-15(28)26-32(30,31)19-9-7-18(8-10-19)25-22(29)17-12-27(13-17)21-11-20(23-14-24-21)16-5-3-2-4-6-16/h2-11,14,17H,12-13H2,1H3,(H,25,29)(H,26,28). The number of nitrogens with zero attached hydrogens (tertiary/aromatic N) is 3. The second-order valence-corrected chi connectivity index (χ2v) is 9.09. The van der Waals surface area contributed by atoms with E-state index in [0.717, 1.165) is 24.0 Å². The van der Waals surface area contributed by atoms with Crippen LogP contribution in [-0.2, 0) is 19.6 Å². The van der Waals surface area contributed by atoms with Crippen LogP contribution in [0.25, 0.3) is 11.3 Å². The molecule has 164 valence electrons. The molecule has 1 aromatic heterocycles. The highest BCUT2D eigenvalue weighted by molar-refractivity contribution is 7.90. The molecule has 0 atom stereocenters. The van der Waals surface area contributed by atoms with Gasteiger partial charge in [-0.3, -0.25) is 9.59 Å². The molecule has 2 amide bonds. The highest BCUT2D eigenvalue weighted by atomic mass is 32.2. The molecular formula is C22H21N5O4S. The fourth-order valence-electron chi connectivity index (χ4n) is 3.33. The number of nitrogens with one attached hydrogen (secondary N) is 2. The van der Waals surface area contributed by atoms with Crippen molar-refractivity contribution in [1.82, 2.24) is 14.7 Å². The first-order valence-electron chi connectivity index (χ1n) is 9.88. The van der Waals surface area contributed by atoms with E-state index in [1.165, 1.54) is 30.6 Å². The molecule has 3 aromatic rings. The van der Waals surface area contributed by atoms with Crippen molar-refractivity contribution in [3.63, 3.8) is 0 Å². The molecule has 0 bridgehead atoms. The first-order chi connectivity index (χ1) is 15.3. The van der Waals surface area contributed by atoms with Crippen molar-refractivity contribution in [3.05, 3.63) is 67.0 Å². The second kappa shape index (κ2) is 8.75. The van der Waals surface area contributed by atoms with Gasteiger partial charge in [0.2, 0.25) is 11.8 Å². The Morgan fingerprint density at radius 2 is 1.69 bits per heavy atom. The average Bonchev–Trinajstić information content (AvgIpc) is 2.73. The van der Waals surface area contributed by atoms with Crippen LogP contribution in [-0.4, -0.2) is 43.3 Å². The molecule has 32 heavy (non-hydrogen) atoms. The summed E-state index contributed by atoms with van der Waals surface area (Å²) in [4.78, 5) is 34.1. The Labute approximate surface area is 185 Å². The van der Waals surface area contributed by atoms with Crippen LogP contribution >= 0.6 is 0 Å². The Morgan fingerprint density at radius 3 is 2.34 bits per heavy atom. The molecule has 10 heteroatoms. The van der Waals surface area contributed by atoms with Crippen molar-refractivity contribution in [1.29, 1.82) is 0 Å². The molecule has 4 rings (SSSR count).